The first-order chi connectivity index (χ1) is 7.05. The predicted octanol–water partition coefficient (Wildman–Crippen LogP) is 0.742. The summed E-state index contributed by atoms with van der Waals surface area (Å²) in [5.74, 6) is 0. The molecule has 0 N–H and O–H groups in total. The Bertz CT molecular complexity index is 296. The summed E-state index contributed by atoms with van der Waals surface area (Å²) in [6, 6.07) is 6.08. The first kappa shape index (κ1) is 14.3. The Morgan fingerprint density at radius 3 is 1.87 bits per heavy atom. The van der Waals surface area contributed by atoms with E-state index < -0.39 is 7.82 Å². The van der Waals surface area contributed by atoms with E-state index in [1.165, 1.54) is 0 Å². The van der Waals surface area contributed by atoms with Crippen LogP contribution in [0.1, 0.15) is 6.92 Å². The minimum absolute atomic E-state index is 1.04. The number of rotatable bonds is 3. The quantitative estimate of drug-likeness (QED) is 0.570. The van der Waals surface area contributed by atoms with E-state index in [0.29, 0.717) is 0 Å². The molecule has 0 amide bonds. The first-order valence-corrected chi connectivity index (χ1v) is 5.88. The summed E-state index contributed by atoms with van der Waals surface area (Å²) in [7, 11) is -1.83. The fourth-order valence-corrected chi connectivity index (χ4v) is 0.869. The highest BCUT2D eigenvalue weighted by Crippen LogP contribution is 2.34. The van der Waals surface area contributed by atoms with E-state index in [4.69, 9.17) is 0 Å². The fourth-order valence-electron chi connectivity index (χ4n) is 0.720. The van der Waals surface area contributed by atoms with Gasteiger partial charge in [-0.2, -0.15) is 0 Å². The van der Waals surface area contributed by atoms with Gasteiger partial charge in [0.2, 0.25) is 0 Å². The molecule has 6 heteroatoms. The molecule has 1 aromatic rings. The van der Waals surface area contributed by atoms with Crippen LogP contribution >= 0.6 is 7.82 Å². The molecule has 0 atom stereocenters. The summed E-state index contributed by atoms with van der Waals surface area (Å²) in [4.78, 5) is 9.95. The highest BCUT2D eigenvalue weighted by molar-refractivity contribution is 7.45. The van der Waals surface area contributed by atoms with E-state index in [1.54, 1.807) is 0 Å². The van der Waals surface area contributed by atoms with Gasteiger partial charge < -0.3 is 13.9 Å². The van der Waals surface area contributed by atoms with Gasteiger partial charge in [-0.25, -0.2) is 4.57 Å². The minimum atomic E-state index is -3.90. The van der Waals surface area contributed by atoms with Gasteiger partial charge in [0.25, 0.3) is 7.82 Å². The van der Waals surface area contributed by atoms with Gasteiger partial charge in [0, 0.05) is 26.4 Å². The molecule has 0 spiro atoms. The normalized spacial score (nSPS) is 10.4. The van der Waals surface area contributed by atoms with Crippen molar-refractivity contribution >= 4 is 7.82 Å². The van der Waals surface area contributed by atoms with E-state index in [-0.39, 0.29) is 0 Å². The third-order valence-corrected chi connectivity index (χ3v) is 2.48. The Hall–Kier alpha value is -0.740. The summed E-state index contributed by atoms with van der Waals surface area (Å²) in [6.45, 7) is 3.18. The van der Waals surface area contributed by atoms with Gasteiger partial charge in [-0.3, -0.25) is 4.57 Å². The van der Waals surface area contributed by atoms with E-state index in [1.807, 2.05) is 18.2 Å². The van der Waals surface area contributed by atoms with Crippen molar-refractivity contribution in [3.8, 4) is 0 Å². The van der Waals surface area contributed by atoms with Crippen molar-refractivity contribution in [3.63, 3.8) is 0 Å². The second kappa shape index (κ2) is 7.54. The van der Waals surface area contributed by atoms with E-state index >= 15 is 0 Å². The highest BCUT2D eigenvalue weighted by atomic mass is 31.2. The highest BCUT2D eigenvalue weighted by Gasteiger charge is 1.98. The maximum Gasteiger partial charge on any atom is 0.267 e. The Labute approximate surface area is 89.9 Å². The zero-order valence-corrected chi connectivity index (χ0v) is 10.0. The zero-order chi connectivity index (χ0) is 11.7. The van der Waals surface area contributed by atoms with Gasteiger partial charge in [0.05, 0.1) is 0 Å². The number of hydrogen-bond acceptors (Lipinski definition) is 4. The number of aryl methyl sites for hydroxylation is 1. The molecule has 0 fully saturated rings. The Morgan fingerprint density at radius 1 is 1.20 bits per heavy atom. The summed E-state index contributed by atoms with van der Waals surface area (Å²) in [5.41, 5.74) is 0. The van der Waals surface area contributed by atoms with Crippen molar-refractivity contribution in [3.05, 3.63) is 30.6 Å². The maximum absolute atomic E-state index is 9.95. The van der Waals surface area contributed by atoms with Crippen molar-refractivity contribution in [2.75, 3.05) is 14.2 Å². The maximum atomic E-state index is 9.95. The molecule has 0 aliphatic heterocycles. The average Bonchev–Trinajstić information content (AvgIpc) is 2.31. The lowest BCUT2D eigenvalue weighted by Gasteiger charge is -2.16. The minimum Gasteiger partial charge on any atom is -0.756 e. The summed E-state index contributed by atoms with van der Waals surface area (Å²) in [5, 5.41) is 0. The Morgan fingerprint density at radius 2 is 1.67 bits per heavy atom. The number of pyridine rings is 1. The van der Waals surface area contributed by atoms with Crippen LogP contribution in [0, 0.1) is 0 Å². The van der Waals surface area contributed by atoms with Crippen LogP contribution < -0.4 is 9.46 Å². The number of nitrogens with zero attached hydrogens (tertiary/aromatic N) is 1. The Balaban J connectivity index is 0.000000265. The van der Waals surface area contributed by atoms with E-state index in [0.717, 1.165) is 20.8 Å². The van der Waals surface area contributed by atoms with E-state index in [9.17, 15) is 9.46 Å². The number of hydrogen-bond donors (Lipinski definition) is 0. The third-order valence-electron chi connectivity index (χ3n) is 1.59. The van der Waals surface area contributed by atoms with Gasteiger partial charge in [-0.05, 0) is 6.92 Å². The van der Waals surface area contributed by atoms with Crippen LogP contribution in [0.2, 0.25) is 0 Å². The molecular formula is C9H16NO4P. The smallest absolute Gasteiger partial charge is 0.267 e. The largest absolute Gasteiger partial charge is 0.756 e. The summed E-state index contributed by atoms with van der Waals surface area (Å²) >= 11 is 0. The SMILES string of the molecule is CC[n+]1ccccc1.COP(=O)([O-])OC. The molecule has 15 heavy (non-hydrogen) atoms. The van der Waals surface area contributed by atoms with Gasteiger partial charge in [-0.15, -0.1) is 0 Å². The average molecular weight is 233 g/mol. The van der Waals surface area contributed by atoms with Gasteiger partial charge in [0.1, 0.15) is 6.54 Å². The first-order valence-electron chi connectivity index (χ1n) is 4.42. The second-order valence-corrected chi connectivity index (χ2v) is 4.14. The molecule has 0 aromatic carbocycles. The predicted molar refractivity (Wildman–Crippen MR) is 53.9 cm³/mol. The molecule has 0 saturated heterocycles. The lowest BCUT2D eigenvalue weighted by atomic mass is 10.5. The van der Waals surface area contributed by atoms with Gasteiger partial charge in [0.15, 0.2) is 12.4 Å². The molecule has 1 heterocycles. The van der Waals surface area contributed by atoms with Gasteiger partial charge in [-0.1, -0.05) is 6.07 Å². The Kier molecular flexibility index (Phi) is 7.17. The summed E-state index contributed by atoms with van der Waals surface area (Å²) < 4.78 is 19.8. The molecule has 0 aliphatic rings. The van der Waals surface area contributed by atoms with Gasteiger partial charge >= 0.3 is 0 Å². The van der Waals surface area contributed by atoms with Crippen LogP contribution in [0.4, 0.5) is 0 Å². The number of phosphoric acid groups is 1. The van der Waals surface area contributed by atoms with Crippen LogP contribution in [-0.2, 0) is 20.2 Å². The fraction of sp³-hybridized carbons (Fsp3) is 0.444. The molecule has 0 aliphatic carbocycles. The topological polar surface area (TPSA) is 62.5 Å². The lowest BCUT2D eigenvalue weighted by molar-refractivity contribution is -0.693. The third kappa shape index (κ3) is 7.22. The monoisotopic (exact) mass is 233 g/mol. The lowest BCUT2D eigenvalue weighted by Crippen LogP contribution is -2.30. The molecular weight excluding hydrogens is 217 g/mol. The summed E-state index contributed by atoms with van der Waals surface area (Å²) in [6.07, 6.45) is 4.11. The molecule has 0 bridgehead atoms. The second-order valence-electron chi connectivity index (χ2n) is 2.52. The standard InChI is InChI=1S/C7H10N.C2H7O4P/c1-2-8-6-4-3-5-7-8;1-5-7(3,4)6-2/h3-7H,2H2,1H3;1-2H3,(H,3,4)/q+1;/p-1. The van der Waals surface area contributed by atoms with E-state index in [2.05, 4.69) is 32.9 Å². The molecule has 0 saturated carbocycles. The van der Waals surface area contributed by atoms with Crippen LogP contribution in [0.3, 0.4) is 0 Å². The van der Waals surface area contributed by atoms with Crippen LogP contribution in [0.15, 0.2) is 30.6 Å². The van der Waals surface area contributed by atoms with Crippen molar-refractivity contribution in [2.24, 2.45) is 0 Å². The molecule has 86 valence electrons. The van der Waals surface area contributed by atoms with Crippen molar-refractivity contribution < 1.29 is 23.1 Å². The van der Waals surface area contributed by atoms with Crippen LogP contribution in [0.5, 0.6) is 0 Å². The van der Waals surface area contributed by atoms with Crippen molar-refractivity contribution in [2.45, 2.75) is 13.5 Å². The molecule has 0 unspecified atom stereocenters. The zero-order valence-electron chi connectivity index (χ0n) is 9.12. The van der Waals surface area contributed by atoms with Crippen LogP contribution in [0.25, 0.3) is 0 Å². The molecule has 1 aromatic heterocycles. The van der Waals surface area contributed by atoms with Crippen molar-refractivity contribution in [1.82, 2.24) is 0 Å². The molecule has 5 nitrogen and oxygen atoms in total. The molecule has 0 radical (unpaired) electrons. The van der Waals surface area contributed by atoms with Crippen molar-refractivity contribution in [1.29, 1.82) is 0 Å². The number of phosphoric ester groups is 1. The number of aromatic nitrogens is 1. The molecule has 1 rings (SSSR count). The van der Waals surface area contributed by atoms with Crippen LogP contribution in [-0.4, -0.2) is 14.2 Å².